The van der Waals surface area contributed by atoms with Crippen LogP contribution in [0.5, 0.6) is 0 Å². The van der Waals surface area contributed by atoms with Crippen LogP contribution in [0.3, 0.4) is 0 Å². The predicted molar refractivity (Wildman–Crippen MR) is 76.0 cm³/mol. The topological polar surface area (TPSA) is 54.3 Å². The van der Waals surface area contributed by atoms with E-state index in [0.29, 0.717) is 0 Å². The minimum atomic E-state index is -0.473. The average Bonchev–Trinajstić information content (AvgIpc) is 2.76. The molecule has 98 valence electrons. The van der Waals surface area contributed by atoms with Gasteiger partial charge in [-0.1, -0.05) is 6.08 Å². The van der Waals surface area contributed by atoms with Crippen LogP contribution in [0.25, 0.3) is 6.08 Å². The second-order valence-electron chi connectivity index (χ2n) is 4.13. The summed E-state index contributed by atoms with van der Waals surface area (Å²) < 4.78 is 1.84. The van der Waals surface area contributed by atoms with Gasteiger partial charge in [-0.2, -0.15) is 0 Å². The SMILES string of the molecule is C=CCN1C(=O)/C(=C/c2ccn(C)c2)C(=O)NC1=S. The molecular formula is C13H13N3O2S. The van der Waals surface area contributed by atoms with Crippen LogP contribution >= 0.6 is 12.2 Å². The Hall–Kier alpha value is -2.21. The summed E-state index contributed by atoms with van der Waals surface area (Å²) in [5.74, 6) is -0.878. The molecule has 0 aliphatic carbocycles. The maximum atomic E-state index is 12.2. The monoisotopic (exact) mass is 275 g/mol. The van der Waals surface area contributed by atoms with Crippen LogP contribution in [-0.4, -0.2) is 32.9 Å². The van der Waals surface area contributed by atoms with Gasteiger partial charge >= 0.3 is 0 Å². The zero-order valence-electron chi connectivity index (χ0n) is 10.4. The van der Waals surface area contributed by atoms with Gasteiger partial charge in [-0.25, -0.2) is 0 Å². The third-order valence-electron chi connectivity index (χ3n) is 2.66. The molecule has 0 spiro atoms. The molecule has 0 atom stereocenters. The number of amides is 2. The van der Waals surface area contributed by atoms with Crippen molar-refractivity contribution in [3.8, 4) is 0 Å². The lowest BCUT2D eigenvalue weighted by molar-refractivity contribution is -0.128. The highest BCUT2D eigenvalue weighted by atomic mass is 32.1. The van der Waals surface area contributed by atoms with Crippen LogP contribution < -0.4 is 5.32 Å². The van der Waals surface area contributed by atoms with Crippen LogP contribution in [0.4, 0.5) is 0 Å². The summed E-state index contributed by atoms with van der Waals surface area (Å²) >= 11 is 4.96. The van der Waals surface area contributed by atoms with E-state index in [4.69, 9.17) is 12.2 Å². The smallest absolute Gasteiger partial charge is 0.265 e. The zero-order chi connectivity index (χ0) is 14.0. The zero-order valence-corrected chi connectivity index (χ0v) is 11.2. The number of nitrogens with zero attached hydrogens (tertiary/aromatic N) is 2. The number of aromatic nitrogens is 1. The normalized spacial score (nSPS) is 17.8. The Bertz CT molecular complexity index is 601. The van der Waals surface area contributed by atoms with Crippen molar-refractivity contribution in [2.45, 2.75) is 0 Å². The molecule has 1 N–H and O–H groups in total. The molecular weight excluding hydrogens is 262 g/mol. The first-order valence-corrected chi connectivity index (χ1v) is 6.05. The van der Waals surface area contributed by atoms with Gasteiger partial charge in [0.05, 0.1) is 0 Å². The first-order chi connectivity index (χ1) is 9.02. The number of hydrogen-bond donors (Lipinski definition) is 1. The second-order valence-corrected chi connectivity index (χ2v) is 4.52. The van der Waals surface area contributed by atoms with E-state index in [2.05, 4.69) is 11.9 Å². The Morgan fingerprint density at radius 1 is 1.47 bits per heavy atom. The molecule has 1 aromatic heterocycles. The number of aryl methyl sites for hydroxylation is 1. The summed E-state index contributed by atoms with van der Waals surface area (Å²) in [5, 5.41) is 2.61. The van der Waals surface area contributed by atoms with E-state index in [-0.39, 0.29) is 17.2 Å². The lowest BCUT2D eigenvalue weighted by Gasteiger charge is -2.27. The predicted octanol–water partition coefficient (Wildman–Crippen LogP) is 0.838. The quantitative estimate of drug-likeness (QED) is 0.385. The van der Waals surface area contributed by atoms with Crippen molar-refractivity contribution in [3.63, 3.8) is 0 Å². The molecule has 5 nitrogen and oxygen atoms in total. The molecule has 1 aromatic rings. The van der Waals surface area contributed by atoms with Crippen molar-refractivity contribution < 1.29 is 9.59 Å². The molecule has 0 bridgehead atoms. The largest absolute Gasteiger partial charge is 0.357 e. The molecule has 1 saturated heterocycles. The van der Waals surface area contributed by atoms with Gasteiger partial charge in [-0.05, 0) is 29.9 Å². The minimum absolute atomic E-state index is 0.0710. The lowest BCUT2D eigenvalue weighted by Crippen LogP contribution is -2.53. The highest BCUT2D eigenvalue weighted by Gasteiger charge is 2.32. The molecule has 0 saturated carbocycles. The molecule has 1 aliphatic rings. The first-order valence-electron chi connectivity index (χ1n) is 5.64. The number of nitrogens with one attached hydrogen (secondary N) is 1. The summed E-state index contributed by atoms with van der Waals surface area (Å²) in [4.78, 5) is 25.3. The number of carbonyl (C=O) groups excluding carboxylic acids is 2. The van der Waals surface area contributed by atoms with E-state index in [1.165, 1.54) is 4.90 Å². The molecule has 2 rings (SSSR count). The number of carbonyl (C=O) groups is 2. The molecule has 6 heteroatoms. The third kappa shape index (κ3) is 2.63. The van der Waals surface area contributed by atoms with E-state index in [0.717, 1.165) is 5.56 Å². The van der Waals surface area contributed by atoms with E-state index >= 15 is 0 Å². The van der Waals surface area contributed by atoms with E-state index in [1.54, 1.807) is 12.2 Å². The van der Waals surface area contributed by atoms with E-state index < -0.39 is 11.8 Å². The fourth-order valence-electron chi connectivity index (χ4n) is 1.77. The molecule has 0 unspecified atom stereocenters. The van der Waals surface area contributed by atoms with Crippen LogP contribution in [0.1, 0.15) is 5.56 Å². The van der Waals surface area contributed by atoms with Crippen LogP contribution in [0.2, 0.25) is 0 Å². The first kappa shape index (κ1) is 13.2. The molecule has 1 fully saturated rings. The van der Waals surface area contributed by atoms with Crippen molar-refractivity contribution in [1.82, 2.24) is 14.8 Å². The van der Waals surface area contributed by atoms with Gasteiger partial charge < -0.3 is 4.57 Å². The van der Waals surface area contributed by atoms with E-state index in [9.17, 15) is 9.59 Å². The Labute approximate surface area is 116 Å². The fourth-order valence-corrected chi connectivity index (χ4v) is 2.02. The minimum Gasteiger partial charge on any atom is -0.357 e. The standard InChI is InChI=1S/C13H13N3O2S/c1-3-5-16-12(18)10(11(17)14-13(16)19)7-9-4-6-15(2)8-9/h3-4,6-8H,1,5H2,2H3,(H,14,17,19)/b10-7+. The van der Waals surface area contributed by atoms with Crippen molar-refractivity contribution in [1.29, 1.82) is 0 Å². The van der Waals surface area contributed by atoms with Gasteiger partial charge in [-0.15, -0.1) is 6.58 Å². The van der Waals surface area contributed by atoms with Crippen molar-refractivity contribution >= 4 is 35.2 Å². The third-order valence-corrected chi connectivity index (χ3v) is 2.99. The van der Waals surface area contributed by atoms with Crippen LogP contribution in [-0.2, 0) is 16.6 Å². The molecule has 1 aliphatic heterocycles. The molecule has 0 radical (unpaired) electrons. The van der Waals surface area contributed by atoms with Gasteiger partial charge in [0.2, 0.25) is 0 Å². The highest BCUT2D eigenvalue weighted by molar-refractivity contribution is 7.80. The summed E-state index contributed by atoms with van der Waals surface area (Å²) in [7, 11) is 1.86. The van der Waals surface area contributed by atoms with Gasteiger partial charge in [-0.3, -0.25) is 19.8 Å². The second kappa shape index (κ2) is 5.19. The molecule has 0 aromatic carbocycles. The van der Waals surface area contributed by atoms with Gasteiger partial charge in [0, 0.05) is 26.0 Å². The van der Waals surface area contributed by atoms with Crippen LogP contribution in [0, 0.1) is 0 Å². The molecule has 2 heterocycles. The van der Waals surface area contributed by atoms with Crippen molar-refractivity contribution in [2.75, 3.05) is 6.54 Å². The van der Waals surface area contributed by atoms with Gasteiger partial charge in [0.1, 0.15) is 5.57 Å². The number of hydrogen-bond acceptors (Lipinski definition) is 3. The highest BCUT2D eigenvalue weighted by Crippen LogP contribution is 2.14. The lowest BCUT2D eigenvalue weighted by atomic mass is 10.1. The number of thiocarbonyl (C=S) groups is 1. The Morgan fingerprint density at radius 3 is 2.79 bits per heavy atom. The average molecular weight is 275 g/mol. The Balaban J connectivity index is 2.35. The maximum absolute atomic E-state index is 12.2. The Morgan fingerprint density at radius 2 is 2.21 bits per heavy atom. The van der Waals surface area contributed by atoms with Gasteiger partial charge in [0.25, 0.3) is 11.8 Å². The summed E-state index contributed by atoms with van der Waals surface area (Å²) in [6, 6.07) is 1.82. The van der Waals surface area contributed by atoms with Crippen LogP contribution in [0.15, 0.2) is 36.7 Å². The van der Waals surface area contributed by atoms with Crippen molar-refractivity contribution in [2.24, 2.45) is 7.05 Å². The molecule has 2 amide bonds. The number of rotatable bonds is 3. The fraction of sp³-hybridized carbons (Fsp3) is 0.154. The summed E-state index contributed by atoms with van der Waals surface area (Å²) in [6.45, 7) is 3.83. The van der Waals surface area contributed by atoms with Crippen molar-refractivity contribution in [3.05, 3.63) is 42.3 Å². The Kier molecular flexibility index (Phi) is 3.62. The molecule has 19 heavy (non-hydrogen) atoms. The summed E-state index contributed by atoms with van der Waals surface area (Å²) in [5.41, 5.74) is 0.856. The van der Waals surface area contributed by atoms with Gasteiger partial charge in [0.15, 0.2) is 5.11 Å². The van der Waals surface area contributed by atoms with E-state index in [1.807, 2.05) is 30.1 Å². The summed E-state index contributed by atoms with van der Waals surface area (Å²) in [6.07, 6.45) is 6.76. The maximum Gasteiger partial charge on any atom is 0.265 e.